The monoisotopic (exact) mass is 253 g/mol. The highest BCUT2D eigenvalue weighted by atomic mass is 32.2. The molecular formula is C11H19N5S. The van der Waals surface area contributed by atoms with Gasteiger partial charge in [-0.2, -0.15) is 0 Å². The fraction of sp³-hybridized carbons (Fsp3) is 0.909. The topological polar surface area (TPSA) is 55.6 Å². The van der Waals surface area contributed by atoms with E-state index >= 15 is 0 Å². The highest BCUT2D eigenvalue weighted by molar-refractivity contribution is 7.99. The molecule has 0 radical (unpaired) electrons. The summed E-state index contributed by atoms with van der Waals surface area (Å²) in [6.07, 6.45) is 7.96. The Kier molecular flexibility index (Phi) is 3.61. The van der Waals surface area contributed by atoms with E-state index in [1.54, 1.807) is 11.8 Å². The number of thioether (sulfide) groups is 1. The number of nitrogens with zero attached hydrogens (tertiary/aromatic N) is 4. The van der Waals surface area contributed by atoms with E-state index in [0.717, 1.165) is 23.5 Å². The summed E-state index contributed by atoms with van der Waals surface area (Å²) in [6, 6.07) is 1.34. The molecule has 0 saturated heterocycles. The van der Waals surface area contributed by atoms with Crippen LogP contribution < -0.4 is 5.32 Å². The zero-order valence-corrected chi connectivity index (χ0v) is 10.8. The van der Waals surface area contributed by atoms with E-state index in [0.29, 0.717) is 6.04 Å². The molecule has 3 rings (SSSR count). The molecule has 94 valence electrons. The van der Waals surface area contributed by atoms with Crippen LogP contribution in [0.2, 0.25) is 0 Å². The fourth-order valence-corrected chi connectivity index (χ4v) is 3.18. The van der Waals surface area contributed by atoms with Gasteiger partial charge in [0.1, 0.15) is 0 Å². The third kappa shape index (κ3) is 2.98. The Morgan fingerprint density at radius 3 is 2.82 bits per heavy atom. The molecular weight excluding hydrogens is 234 g/mol. The van der Waals surface area contributed by atoms with Crippen molar-refractivity contribution in [1.29, 1.82) is 0 Å². The van der Waals surface area contributed by atoms with Gasteiger partial charge in [-0.15, -0.1) is 5.10 Å². The number of rotatable bonds is 6. The van der Waals surface area contributed by atoms with Crippen molar-refractivity contribution in [3.05, 3.63) is 0 Å². The van der Waals surface area contributed by atoms with Crippen LogP contribution in [0.1, 0.15) is 44.6 Å². The molecule has 17 heavy (non-hydrogen) atoms. The molecule has 0 aromatic carbocycles. The van der Waals surface area contributed by atoms with Gasteiger partial charge in [-0.05, 0) is 36.1 Å². The largest absolute Gasteiger partial charge is 0.313 e. The molecule has 2 saturated carbocycles. The molecule has 2 aliphatic rings. The average Bonchev–Trinajstić information content (AvgIpc) is 2.89. The van der Waals surface area contributed by atoms with Crippen LogP contribution in [0.15, 0.2) is 5.16 Å². The summed E-state index contributed by atoms with van der Waals surface area (Å²) in [5, 5.41) is 16.5. The molecule has 5 nitrogen and oxygen atoms in total. The minimum absolute atomic E-state index is 0.579. The number of nitrogens with one attached hydrogen (secondary N) is 1. The van der Waals surface area contributed by atoms with Gasteiger partial charge in [0, 0.05) is 18.3 Å². The van der Waals surface area contributed by atoms with Gasteiger partial charge >= 0.3 is 0 Å². The predicted octanol–water partition coefficient (Wildman–Crippen LogP) is 1.63. The molecule has 2 aliphatic carbocycles. The summed E-state index contributed by atoms with van der Waals surface area (Å²) in [5.74, 6) is 1.06. The van der Waals surface area contributed by atoms with Crippen LogP contribution in [0.5, 0.6) is 0 Å². The van der Waals surface area contributed by atoms with E-state index < -0.39 is 0 Å². The molecule has 1 N–H and O–H groups in total. The smallest absolute Gasteiger partial charge is 0.209 e. The van der Waals surface area contributed by atoms with E-state index in [2.05, 4.69) is 20.8 Å². The standard InChI is InChI=1S/C11H19N5S/c1-2-4-9(3-1)12-7-8-17-11-13-14-15-16(11)10-5-6-10/h9-10,12H,1-8H2. The minimum atomic E-state index is 0.579. The molecule has 0 bridgehead atoms. The average molecular weight is 253 g/mol. The van der Waals surface area contributed by atoms with Crippen LogP contribution in [0.3, 0.4) is 0 Å². The van der Waals surface area contributed by atoms with Crippen LogP contribution in [-0.4, -0.2) is 38.5 Å². The Hall–Kier alpha value is -0.620. The predicted molar refractivity (Wildman–Crippen MR) is 67.1 cm³/mol. The van der Waals surface area contributed by atoms with Gasteiger partial charge in [-0.3, -0.25) is 0 Å². The summed E-state index contributed by atoms with van der Waals surface area (Å²) in [7, 11) is 0. The zero-order chi connectivity index (χ0) is 11.5. The van der Waals surface area contributed by atoms with E-state index in [-0.39, 0.29) is 0 Å². The van der Waals surface area contributed by atoms with Crippen molar-refractivity contribution in [2.24, 2.45) is 0 Å². The molecule has 1 heterocycles. The Morgan fingerprint density at radius 2 is 2.06 bits per heavy atom. The SMILES string of the molecule is C1CCC(NCCSc2nnnn2C2CC2)C1. The summed E-state index contributed by atoms with van der Waals surface area (Å²) < 4.78 is 1.99. The third-order valence-electron chi connectivity index (χ3n) is 3.48. The van der Waals surface area contributed by atoms with Gasteiger partial charge in [0.25, 0.3) is 0 Å². The highest BCUT2D eigenvalue weighted by Gasteiger charge is 2.27. The molecule has 2 fully saturated rings. The van der Waals surface area contributed by atoms with Crippen LogP contribution in [0.4, 0.5) is 0 Å². The maximum absolute atomic E-state index is 4.08. The van der Waals surface area contributed by atoms with Crippen LogP contribution in [0.25, 0.3) is 0 Å². The van der Waals surface area contributed by atoms with E-state index in [4.69, 9.17) is 0 Å². The van der Waals surface area contributed by atoms with Gasteiger partial charge in [0.15, 0.2) is 0 Å². The summed E-state index contributed by atoms with van der Waals surface area (Å²) in [4.78, 5) is 0. The van der Waals surface area contributed by atoms with Gasteiger partial charge in [0.2, 0.25) is 5.16 Å². The van der Waals surface area contributed by atoms with Gasteiger partial charge in [-0.25, -0.2) is 4.68 Å². The Bertz CT molecular complexity index is 356. The van der Waals surface area contributed by atoms with Gasteiger partial charge < -0.3 is 5.32 Å². The second kappa shape index (κ2) is 5.35. The maximum atomic E-state index is 4.08. The molecule has 0 atom stereocenters. The first-order chi connectivity index (χ1) is 8.43. The quantitative estimate of drug-likeness (QED) is 0.617. The number of tetrazole rings is 1. The Morgan fingerprint density at radius 1 is 1.24 bits per heavy atom. The first-order valence-electron chi connectivity index (χ1n) is 6.57. The molecule has 0 spiro atoms. The lowest BCUT2D eigenvalue weighted by Crippen LogP contribution is -2.28. The zero-order valence-electron chi connectivity index (χ0n) is 10.0. The third-order valence-corrected chi connectivity index (χ3v) is 4.41. The molecule has 0 unspecified atom stereocenters. The van der Waals surface area contributed by atoms with Crippen LogP contribution >= 0.6 is 11.8 Å². The lowest BCUT2D eigenvalue weighted by Gasteiger charge is -2.10. The second-order valence-electron chi connectivity index (χ2n) is 4.92. The van der Waals surface area contributed by atoms with Crippen molar-refractivity contribution >= 4 is 11.8 Å². The second-order valence-corrected chi connectivity index (χ2v) is 5.98. The lowest BCUT2D eigenvalue weighted by molar-refractivity contribution is 0.543. The van der Waals surface area contributed by atoms with E-state index in [9.17, 15) is 0 Å². The van der Waals surface area contributed by atoms with Gasteiger partial charge in [-0.1, -0.05) is 24.6 Å². The van der Waals surface area contributed by atoms with Crippen LogP contribution in [0, 0.1) is 0 Å². The number of aromatic nitrogens is 4. The minimum Gasteiger partial charge on any atom is -0.313 e. The number of hydrogen-bond donors (Lipinski definition) is 1. The van der Waals surface area contributed by atoms with Crippen molar-refractivity contribution < 1.29 is 0 Å². The molecule has 0 amide bonds. The van der Waals surface area contributed by atoms with Crippen molar-refractivity contribution in [2.75, 3.05) is 12.3 Å². The molecule has 6 heteroatoms. The van der Waals surface area contributed by atoms with Gasteiger partial charge in [0.05, 0.1) is 6.04 Å². The summed E-state index contributed by atoms with van der Waals surface area (Å²) >= 11 is 1.77. The fourth-order valence-electron chi connectivity index (χ4n) is 2.36. The van der Waals surface area contributed by atoms with Crippen LogP contribution in [-0.2, 0) is 0 Å². The van der Waals surface area contributed by atoms with E-state index in [1.165, 1.54) is 38.5 Å². The van der Waals surface area contributed by atoms with E-state index in [1.807, 2.05) is 4.68 Å². The summed E-state index contributed by atoms with van der Waals surface area (Å²) in [6.45, 7) is 1.06. The highest BCUT2D eigenvalue weighted by Crippen LogP contribution is 2.36. The first-order valence-corrected chi connectivity index (χ1v) is 7.56. The molecule has 0 aliphatic heterocycles. The number of hydrogen-bond acceptors (Lipinski definition) is 5. The van der Waals surface area contributed by atoms with Crippen molar-refractivity contribution in [3.8, 4) is 0 Å². The molecule has 1 aromatic heterocycles. The maximum Gasteiger partial charge on any atom is 0.209 e. The first kappa shape index (κ1) is 11.5. The van der Waals surface area contributed by atoms with Crippen molar-refractivity contribution in [1.82, 2.24) is 25.5 Å². The van der Waals surface area contributed by atoms with Crippen molar-refractivity contribution in [3.63, 3.8) is 0 Å². The Balaban J connectivity index is 1.39. The normalized spacial score (nSPS) is 21.2. The molecule has 1 aromatic rings. The van der Waals surface area contributed by atoms with Crippen molar-refractivity contribution in [2.45, 2.75) is 55.8 Å². The Labute approximate surface area is 106 Å². The summed E-state index contributed by atoms with van der Waals surface area (Å²) in [5.41, 5.74) is 0. The lowest BCUT2D eigenvalue weighted by atomic mass is 10.2.